The maximum atomic E-state index is 12.3. The van der Waals surface area contributed by atoms with Gasteiger partial charge in [-0.2, -0.15) is 0 Å². The van der Waals surface area contributed by atoms with Crippen LogP contribution in [-0.4, -0.2) is 20.9 Å². The molecular weight excluding hydrogens is 286 g/mol. The molecule has 1 aliphatic rings. The quantitative estimate of drug-likeness (QED) is 0.794. The lowest BCUT2D eigenvalue weighted by Crippen LogP contribution is -2.40. The first-order valence-electron chi connectivity index (χ1n) is 7.54. The Morgan fingerprint density at radius 2 is 1.90 bits per heavy atom. The summed E-state index contributed by atoms with van der Waals surface area (Å²) in [7, 11) is -3.52. The van der Waals surface area contributed by atoms with Crippen molar-refractivity contribution in [2.45, 2.75) is 50.8 Å². The summed E-state index contributed by atoms with van der Waals surface area (Å²) in [6.07, 6.45) is 5.02. The molecule has 6 heteroatoms. The van der Waals surface area contributed by atoms with Gasteiger partial charge in [0.2, 0.25) is 5.96 Å². The summed E-state index contributed by atoms with van der Waals surface area (Å²) in [6.45, 7) is 4.81. The van der Waals surface area contributed by atoms with Crippen LogP contribution in [0.4, 0.5) is 5.69 Å². The van der Waals surface area contributed by atoms with E-state index in [1.54, 1.807) is 6.07 Å². The number of sulfonamides is 1. The Morgan fingerprint density at radius 3 is 2.62 bits per heavy atom. The number of benzene rings is 1. The summed E-state index contributed by atoms with van der Waals surface area (Å²) >= 11 is 0. The molecule has 0 spiro atoms. The zero-order valence-electron chi connectivity index (χ0n) is 12.6. The SMILES string of the molecule is CCCCN=C1Nc2ccc(CCCC)cc2S(=O)(=O)N1. The van der Waals surface area contributed by atoms with Crippen molar-refractivity contribution in [2.24, 2.45) is 4.99 Å². The van der Waals surface area contributed by atoms with Crippen LogP contribution >= 0.6 is 0 Å². The zero-order valence-corrected chi connectivity index (χ0v) is 13.5. The second-order valence-electron chi connectivity index (χ2n) is 5.25. The number of fused-ring (bicyclic) bond motifs is 1. The molecule has 0 unspecified atom stereocenters. The van der Waals surface area contributed by atoms with Gasteiger partial charge in [-0.25, -0.2) is 13.1 Å². The van der Waals surface area contributed by atoms with Crippen molar-refractivity contribution < 1.29 is 8.42 Å². The highest BCUT2D eigenvalue weighted by atomic mass is 32.2. The fourth-order valence-electron chi connectivity index (χ4n) is 2.18. The van der Waals surface area contributed by atoms with E-state index in [1.165, 1.54) is 0 Å². The molecule has 116 valence electrons. The lowest BCUT2D eigenvalue weighted by atomic mass is 10.1. The van der Waals surface area contributed by atoms with Crippen molar-refractivity contribution in [2.75, 3.05) is 11.9 Å². The van der Waals surface area contributed by atoms with Gasteiger partial charge in [0, 0.05) is 6.54 Å². The zero-order chi connectivity index (χ0) is 15.3. The van der Waals surface area contributed by atoms with E-state index in [1.807, 2.05) is 12.1 Å². The van der Waals surface area contributed by atoms with E-state index in [4.69, 9.17) is 0 Å². The molecule has 1 aromatic carbocycles. The Bertz CT molecular complexity index is 624. The van der Waals surface area contributed by atoms with E-state index in [2.05, 4.69) is 28.9 Å². The number of hydrogen-bond acceptors (Lipinski definition) is 3. The predicted molar refractivity (Wildman–Crippen MR) is 86.2 cm³/mol. The molecule has 1 aromatic rings. The molecule has 0 amide bonds. The lowest BCUT2D eigenvalue weighted by molar-refractivity contribution is 0.591. The standard InChI is InChI=1S/C15H23N3O2S/c1-3-5-7-12-8-9-13-14(11-12)21(19,20)18-15(17-13)16-10-6-4-2/h8-9,11H,3-7,10H2,1-2H3,(H2,16,17,18). The molecule has 0 atom stereocenters. The molecule has 0 fully saturated rings. The van der Waals surface area contributed by atoms with Crippen molar-refractivity contribution in [1.29, 1.82) is 0 Å². The highest BCUT2D eigenvalue weighted by Gasteiger charge is 2.26. The van der Waals surface area contributed by atoms with E-state index in [0.717, 1.165) is 37.7 Å². The van der Waals surface area contributed by atoms with Gasteiger partial charge in [0.25, 0.3) is 10.0 Å². The maximum Gasteiger partial charge on any atom is 0.266 e. The van der Waals surface area contributed by atoms with Gasteiger partial charge in [0.05, 0.1) is 5.69 Å². The maximum absolute atomic E-state index is 12.3. The molecule has 0 saturated heterocycles. The predicted octanol–water partition coefficient (Wildman–Crippen LogP) is 2.89. The van der Waals surface area contributed by atoms with Crippen molar-refractivity contribution >= 4 is 21.7 Å². The van der Waals surface area contributed by atoms with Gasteiger partial charge in [0.15, 0.2) is 0 Å². The number of hydrogen-bond donors (Lipinski definition) is 2. The fourth-order valence-corrected chi connectivity index (χ4v) is 3.38. The summed E-state index contributed by atoms with van der Waals surface area (Å²) in [5.74, 6) is 0.317. The largest absolute Gasteiger partial charge is 0.324 e. The highest BCUT2D eigenvalue weighted by molar-refractivity contribution is 7.90. The van der Waals surface area contributed by atoms with E-state index in [9.17, 15) is 8.42 Å². The van der Waals surface area contributed by atoms with Crippen molar-refractivity contribution in [3.63, 3.8) is 0 Å². The van der Waals surface area contributed by atoms with E-state index in [-0.39, 0.29) is 0 Å². The van der Waals surface area contributed by atoms with Crippen LogP contribution in [0.1, 0.15) is 45.1 Å². The van der Waals surface area contributed by atoms with Crippen LogP contribution in [0.3, 0.4) is 0 Å². The summed E-state index contributed by atoms with van der Waals surface area (Å²) in [4.78, 5) is 4.57. The van der Waals surface area contributed by atoms with Crippen LogP contribution in [0, 0.1) is 0 Å². The molecule has 2 rings (SSSR count). The third-order valence-electron chi connectivity index (χ3n) is 3.42. The first kappa shape index (κ1) is 15.8. The third kappa shape index (κ3) is 3.97. The monoisotopic (exact) mass is 309 g/mol. The van der Waals surface area contributed by atoms with Gasteiger partial charge in [-0.1, -0.05) is 32.8 Å². The molecule has 2 N–H and O–H groups in total. The number of guanidine groups is 1. The smallest absolute Gasteiger partial charge is 0.266 e. The van der Waals surface area contributed by atoms with E-state index in [0.29, 0.717) is 23.1 Å². The minimum atomic E-state index is -3.52. The van der Waals surface area contributed by atoms with Crippen LogP contribution in [0.5, 0.6) is 0 Å². The van der Waals surface area contributed by atoms with Crippen molar-refractivity contribution in [3.05, 3.63) is 23.8 Å². The van der Waals surface area contributed by atoms with Gasteiger partial charge in [-0.15, -0.1) is 0 Å². The summed E-state index contributed by atoms with van der Waals surface area (Å²) in [6, 6.07) is 5.56. The van der Waals surface area contributed by atoms with Crippen molar-refractivity contribution in [3.8, 4) is 0 Å². The first-order valence-corrected chi connectivity index (χ1v) is 9.02. The molecule has 1 heterocycles. The van der Waals surface area contributed by atoms with Crippen LogP contribution in [0.2, 0.25) is 0 Å². The number of unbranched alkanes of at least 4 members (excludes halogenated alkanes) is 2. The number of nitrogens with one attached hydrogen (secondary N) is 2. The summed E-state index contributed by atoms with van der Waals surface area (Å²) in [5, 5.41) is 3.05. The van der Waals surface area contributed by atoms with Gasteiger partial charge in [-0.05, 0) is 37.0 Å². The molecule has 0 aliphatic carbocycles. The normalized spacial score (nSPS) is 17.9. The number of nitrogens with zero attached hydrogens (tertiary/aromatic N) is 1. The molecule has 0 saturated carbocycles. The summed E-state index contributed by atoms with van der Waals surface area (Å²) in [5.41, 5.74) is 1.65. The average molecular weight is 309 g/mol. The van der Waals surface area contributed by atoms with Crippen LogP contribution < -0.4 is 10.0 Å². The number of aryl methyl sites for hydroxylation is 1. The molecule has 1 aliphatic heterocycles. The van der Waals surface area contributed by atoms with E-state index >= 15 is 0 Å². The first-order chi connectivity index (χ1) is 10.1. The Kier molecular flexibility index (Phi) is 5.22. The van der Waals surface area contributed by atoms with Gasteiger partial charge < -0.3 is 5.32 Å². The van der Waals surface area contributed by atoms with Crippen LogP contribution in [0.25, 0.3) is 0 Å². The number of anilines is 1. The molecule has 21 heavy (non-hydrogen) atoms. The Labute approximate surface area is 126 Å². The van der Waals surface area contributed by atoms with Gasteiger partial charge >= 0.3 is 0 Å². The summed E-state index contributed by atoms with van der Waals surface area (Å²) < 4.78 is 27.1. The van der Waals surface area contributed by atoms with Crippen LogP contribution in [0.15, 0.2) is 28.1 Å². The lowest BCUT2D eigenvalue weighted by Gasteiger charge is -2.22. The Hall–Kier alpha value is -1.56. The molecule has 0 bridgehead atoms. The highest BCUT2D eigenvalue weighted by Crippen LogP contribution is 2.26. The minimum Gasteiger partial charge on any atom is -0.324 e. The number of aliphatic imine (C=N–C) groups is 1. The molecule has 0 radical (unpaired) electrons. The third-order valence-corrected chi connectivity index (χ3v) is 4.80. The minimum absolute atomic E-state index is 0.311. The molecule has 5 nitrogen and oxygen atoms in total. The average Bonchev–Trinajstić information content (AvgIpc) is 2.45. The molecular formula is C15H23N3O2S. The van der Waals surface area contributed by atoms with Crippen molar-refractivity contribution in [1.82, 2.24) is 4.72 Å². The second-order valence-corrected chi connectivity index (χ2v) is 6.90. The Balaban J connectivity index is 2.24. The van der Waals surface area contributed by atoms with Gasteiger partial charge in [-0.3, -0.25) is 4.99 Å². The second kappa shape index (κ2) is 6.93. The Morgan fingerprint density at radius 1 is 1.14 bits per heavy atom. The molecule has 0 aromatic heterocycles. The van der Waals surface area contributed by atoms with E-state index < -0.39 is 10.0 Å². The van der Waals surface area contributed by atoms with Crippen LogP contribution in [-0.2, 0) is 16.4 Å². The topological polar surface area (TPSA) is 70.6 Å². The fraction of sp³-hybridized carbons (Fsp3) is 0.533. The number of rotatable bonds is 6. The van der Waals surface area contributed by atoms with Gasteiger partial charge in [0.1, 0.15) is 4.90 Å².